The van der Waals surface area contributed by atoms with Gasteiger partial charge in [-0.3, -0.25) is 4.98 Å². The standard InChI is InChI=1S/C20H19F7N2O4S2/c1-18(2,34(30,31)16-8-12(19(22,23)24)5-13(21)9-16)11-6-14(7-11)29-35(32,33)15-3-4-17(28-10-15)20(25,26)27/h3-5,8-11,14,29H,6-7H2,1-2H3/t11-,14-. The minimum absolute atomic E-state index is 0.0268. The van der Waals surface area contributed by atoms with Crippen LogP contribution >= 0.6 is 0 Å². The van der Waals surface area contributed by atoms with Crippen LogP contribution in [0.1, 0.15) is 37.9 Å². The summed E-state index contributed by atoms with van der Waals surface area (Å²) < 4.78 is 142. The molecule has 0 unspecified atom stereocenters. The zero-order valence-corrected chi connectivity index (χ0v) is 19.7. The number of pyridine rings is 1. The van der Waals surface area contributed by atoms with Gasteiger partial charge in [0, 0.05) is 12.2 Å². The molecule has 1 aliphatic carbocycles. The van der Waals surface area contributed by atoms with Gasteiger partial charge in [-0.05, 0) is 62.9 Å². The first kappa shape index (κ1) is 27.3. The highest BCUT2D eigenvalue weighted by Crippen LogP contribution is 2.44. The number of nitrogens with zero attached hydrogens (tertiary/aromatic N) is 1. The van der Waals surface area contributed by atoms with E-state index in [2.05, 4.69) is 9.71 Å². The van der Waals surface area contributed by atoms with Gasteiger partial charge in [-0.15, -0.1) is 0 Å². The molecule has 1 N–H and O–H groups in total. The third kappa shape index (κ3) is 5.45. The van der Waals surface area contributed by atoms with Crippen molar-refractivity contribution in [1.82, 2.24) is 9.71 Å². The highest BCUT2D eigenvalue weighted by Gasteiger charge is 2.50. The van der Waals surface area contributed by atoms with Gasteiger partial charge < -0.3 is 0 Å². The Kier molecular flexibility index (Phi) is 6.79. The molecule has 1 heterocycles. The van der Waals surface area contributed by atoms with Gasteiger partial charge >= 0.3 is 12.4 Å². The Morgan fingerprint density at radius 1 is 0.886 bits per heavy atom. The molecular weight excluding hydrogens is 529 g/mol. The molecule has 0 radical (unpaired) electrons. The summed E-state index contributed by atoms with van der Waals surface area (Å²) in [6.45, 7) is 2.49. The monoisotopic (exact) mass is 548 g/mol. The molecule has 3 rings (SSSR count). The molecule has 194 valence electrons. The number of sulfone groups is 1. The molecule has 2 aromatic rings. The zero-order valence-electron chi connectivity index (χ0n) is 18.1. The summed E-state index contributed by atoms with van der Waals surface area (Å²) in [5.74, 6) is -2.08. The van der Waals surface area contributed by atoms with Crippen molar-refractivity contribution in [1.29, 1.82) is 0 Å². The van der Waals surface area contributed by atoms with Gasteiger partial charge in [0.25, 0.3) is 0 Å². The number of alkyl halides is 6. The molecule has 0 spiro atoms. The van der Waals surface area contributed by atoms with Gasteiger partial charge in [-0.25, -0.2) is 25.9 Å². The van der Waals surface area contributed by atoms with Crippen LogP contribution in [-0.2, 0) is 32.2 Å². The molecule has 1 aromatic carbocycles. The summed E-state index contributed by atoms with van der Waals surface area (Å²) in [6.07, 6.45) is -9.24. The van der Waals surface area contributed by atoms with E-state index in [1.54, 1.807) is 0 Å². The molecule has 0 saturated heterocycles. The minimum atomic E-state index is -4.97. The Labute approximate surface area is 196 Å². The van der Waals surface area contributed by atoms with Crippen LogP contribution in [-0.4, -0.2) is 32.6 Å². The Bertz CT molecular complexity index is 1310. The number of hydrogen-bond donors (Lipinski definition) is 1. The van der Waals surface area contributed by atoms with Crippen LogP contribution < -0.4 is 4.72 Å². The fourth-order valence-electron chi connectivity index (χ4n) is 3.68. The molecule has 1 saturated carbocycles. The second kappa shape index (κ2) is 8.69. The van der Waals surface area contributed by atoms with Crippen molar-refractivity contribution in [2.75, 3.05) is 0 Å². The van der Waals surface area contributed by atoms with Crippen molar-refractivity contribution in [2.24, 2.45) is 5.92 Å². The second-order valence-corrected chi connectivity index (χ2v) is 12.9. The molecule has 0 atom stereocenters. The molecule has 1 aliphatic rings. The Hall–Kier alpha value is -2.26. The first-order valence-corrected chi connectivity index (χ1v) is 12.9. The van der Waals surface area contributed by atoms with Gasteiger partial charge in [-0.2, -0.15) is 26.3 Å². The molecule has 1 aromatic heterocycles. The van der Waals surface area contributed by atoms with Crippen LogP contribution in [0.15, 0.2) is 46.3 Å². The van der Waals surface area contributed by atoms with Crippen LogP contribution in [0, 0.1) is 11.7 Å². The van der Waals surface area contributed by atoms with E-state index in [4.69, 9.17) is 0 Å². The molecule has 0 amide bonds. The fraction of sp³-hybridized carbons (Fsp3) is 0.450. The topological polar surface area (TPSA) is 93.2 Å². The maximum atomic E-state index is 13.8. The fourth-order valence-corrected chi connectivity index (χ4v) is 6.68. The quantitative estimate of drug-likeness (QED) is 0.534. The van der Waals surface area contributed by atoms with Gasteiger partial charge in [-0.1, -0.05) is 0 Å². The summed E-state index contributed by atoms with van der Waals surface area (Å²) in [6, 6.07) is 1.46. The van der Waals surface area contributed by atoms with E-state index in [0.717, 1.165) is 6.07 Å². The van der Waals surface area contributed by atoms with E-state index in [-0.39, 0.29) is 18.9 Å². The lowest BCUT2D eigenvalue weighted by atomic mass is 9.73. The lowest BCUT2D eigenvalue weighted by molar-refractivity contribution is -0.141. The Balaban J connectivity index is 1.74. The maximum Gasteiger partial charge on any atom is 0.433 e. The van der Waals surface area contributed by atoms with Gasteiger partial charge in [0.05, 0.1) is 15.2 Å². The molecule has 0 bridgehead atoms. The molecule has 6 nitrogen and oxygen atoms in total. The average molecular weight is 549 g/mol. The highest BCUT2D eigenvalue weighted by atomic mass is 32.2. The normalized spacial score (nSPS) is 19.9. The van der Waals surface area contributed by atoms with E-state index >= 15 is 0 Å². The lowest BCUT2D eigenvalue weighted by Gasteiger charge is -2.44. The van der Waals surface area contributed by atoms with Gasteiger partial charge in [0.2, 0.25) is 10.0 Å². The van der Waals surface area contributed by atoms with Crippen LogP contribution in [0.25, 0.3) is 0 Å². The molecule has 15 heteroatoms. The molecule has 35 heavy (non-hydrogen) atoms. The summed E-state index contributed by atoms with van der Waals surface area (Å²) in [7, 11) is -8.75. The number of halogens is 7. The Morgan fingerprint density at radius 2 is 1.49 bits per heavy atom. The predicted molar refractivity (Wildman–Crippen MR) is 109 cm³/mol. The van der Waals surface area contributed by atoms with E-state index in [1.165, 1.54) is 13.8 Å². The first-order valence-electron chi connectivity index (χ1n) is 9.93. The maximum absolute atomic E-state index is 13.8. The zero-order chi connectivity index (χ0) is 26.6. The average Bonchev–Trinajstić information content (AvgIpc) is 2.68. The van der Waals surface area contributed by atoms with Crippen LogP contribution in [0.3, 0.4) is 0 Å². The summed E-state index contributed by atoms with van der Waals surface area (Å²) >= 11 is 0. The van der Waals surface area contributed by atoms with E-state index in [0.29, 0.717) is 24.4 Å². The number of benzene rings is 1. The molecule has 0 aliphatic heterocycles. The number of rotatable bonds is 6. The van der Waals surface area contributed by atoms with E-state index < -0.39 is 75.8 Å². The predicted octanol–water partition coefficient (Wildman–Crippen LogP) is 4.57. The minimum Gasteiger partial charge on any atom is -0.250 e. The number of sulfonamides is 1. The smallest absolute Gasteiger partial charge is 0.250 e. The largest absolute Gasteiger partial charge is 0.433 e. The van der Waals surface area contributed by atoms with Crippen LogP contribution in [0.4, 0.5) is 30.7 Å². The van der Waals surface area contributed by atoms with E-state index in [1.807, 2.05) is 0 Å². The Morgan fingerprint density at radius 3 is 1.97 bits per heavy atom. The summed E-state index contributed by atoms with van der Waals surface area (Å²) in [5.41, 5.74) is -2.74. The van der Waals surface area contributed by atoms with E-state index in [9.17, 15) is 47.6 Å². The second-order valence-electron chi connectivity index (χ2n) is 8.64. The first-order chi connectivity index (χ1) is 15.7. The molecule has 1 fully saturated rings. The van der Waals surface area contributed by atoms with Crippen molar-refractivity contribution in [3.05, 3.63) is 53.6 Å². The van der Waals surface area contributed by atoms with Crippen molar-refractivity contribution in [3.63, 3.8) is 0 Å². The number of aromatic nitrogens is 1. The number of nitrogens with one attached hydrogen (secondary N) is 1. The lowest BCUT2D eigenvalue weighted by Crippen LogP contribution is -2.53. The highest BCUT2D eigenvalue weighted by molar-refractivity contribution is 7.92. The molecular formula is C20H19F7N2O4S2. The van der Waals surface area contributed by atoms with Crippen molar-refractivity contribution < 1.29 is 47.6 Å². The van der Waals surface area contributed by atoms with Crippen molar-refractivity contribution in [3.8, 4) is 0 Å². The van der Waals surface area contributed by atoms with Crippen LogP contribution in [0.2, 0.25) is 0 Å². The van der Waals surface area contributed by atoms with Crippen molar-refractivity contribution in [2.45, 2.75) is 59.6 Å². The third-order valence-corrected chi connectivity index (χ3v) is 10.1. The van der Waals surface area contributed by atoms with Crippen molar-refractivity contribution >= 4 is 19.9 Å². The van der Waals surface area contributed by atoms with Gasteiger partial charge in [0.15, 0.2) is 9.84 Å². The SMILES string of the molecule is CC(C)([C@H]1C[C@H](NS(=O)(=O)c2ccc(C(F)(F)F)nc2)C1)S(=O)(=O)c1cc(F)cc(C(F)(F)F)c1. The summed E-state index contributed by atoms with van der Waals surface area (Å²) in [5, 5.41) is 0. The summed E-state index contributed by atoms with van der Waals surface area (Å²) in [4.78, 5) is 1.71. The van der Waals surface area contributed by atoms with Gasteiger partial charge in [0.1, 0.15) is 16.4 Å². The number of hydrogen-bond acceptors (Lipinski definition) is 5. The third-order valence-electron chi connectivity index (χ3n) is 5.98. The van der Waals surface area contributed by atoms with Crippen LogP contribution in [0.5, 0.6) is 0 Å².